The fraction of sp³-hybridized carbons (Fsp3) is 0.364. The minimum Gasteiger partial charge on any atom is -0.435 e. The Hall–Kier alpha value is -1.69. The molecule has 0 aromatic heterocycles. The molecule has 92 valence electrons. The standard InChI is InChI=1S/C11H12F2N2O2/c12-11(13)17-9-3-1-2-8(5-9)15-6-7(14)4-10(15)16/h1-3,5,7,11H,4,6,14H2. The third-order valence-corrected chi connectivity index (χ3v) is 2.51. The third-order valence-electron chi connectivity index (χ3n) is 2.51. The van der Waals surface area contributed by atoms with Gasteiger partial charge in [0, 0.05) is 30.8 Å². The first-order valence-electron chi connectivity index (χ1n) is 5.17. The molecule has 1 amide bonds. The summed E-state index contributed by atoms with van der Waals surface area (Å²) in [6, 6.07) is 5.83. The first-order valence-corrected chi connectivity index (χ1v) is 5.17. The van der Waals surface area contributed by atoms with Gasteiger partial charge in [0.2, 0.25) is 5.91 Å². The summed E-state index contributed by atoms with van der Waals surface area (Å²) in [5.74, 6) is -0.0718. The molecule has 1 aliphatic rings. The highest BCUT2D eigenvalue weighted by atomic mass is 19.3. The zero-order valence-corrected chi connectivity index (χ0v) is 8.98. The molecule has 4 nitrogen and oxygen atoms in total. The molecule has 0 bridgehead atoms. The van der Waals surface area contributed by atoms with Gasteiger partial charge in [0.05, 0.1) is 0 Å². The SMILES string of the molecule is NC1CC(=O)N(c2cccc(OC(F)F)c2)C1. The van der Waals surface area contributed by atoms with E-state index < -0.39 is 6.61 Å². The second kappa shape index (κ2) is 4.67. The number of carbonyl (C=O) groups excluding carboxylic acids is 1. The van der Waals surface area contributed by atoms with Crippen LogP contribution in [-0.2, 0) is 4.79 Å². The van der Waals surface area contributed by atoms with Crippen LogP contribution in [0.15, 0.2) is 24.3 Å². The summed E-state index contributed by atoms with van der Waals surface area (Å²) in [5.41, 5.74) is 6.19. The van der Waals surface area contributed by atoms with Crippen molar-refractivity contribution in [3.63, 3.8) is 0 Å². The molecule has 0 aliphatic carbocycles. The third kappa shape index (κ3) is 2.71. The van der Waals surface area contributed by atoms with Crippen LogP contribution in [0.1, 0.15) is 6.42 Å². The molecule has 1 aromatic rings. The molecule has 1 aliphatic heterocycles. The molecule has 0 radical (unpaired) electrons. The van der Waals surface area contributed by atoms with Crippen LogP contribution in [0.25, 0.3) is 0 Å². The van der Waals surface area contributed by atoms with E-state index in [2.05, 4.69) is 4.74 Å². The smallest absolute Gasteiger partial charge is 0.387 e. The van der Waals surface area contributed by atoms with Gasteiger partial charge in [0.1, 0.15) is 5.75 Å². The van der Waals surface area contributed by atoms with Gasteiger partial charge in [0.15, 0.2) is 0 Å². The largest absolute Gasteiger partial charge is 0.435 e. The lowest BCUT2D eigenvalue weighted by Gasteiger charge is -2.17. The highest BCUT2D eigenvalue weighted by Crippen LogP contribution is 2.25. The van der Waals surface area contributed by atoms with Crippen LogP contribution < -0.4 is 15.4 Å². The maximum Gasteiger partial charge on any atom is 0.387 e. The van der Waals surface area contributed by atoms with Crippen molar-refractivity contribution in [3.05, 3.63) is 24.3 Å². The summed E-state index contributed by atoms with van der Waals surface area (Å²) < 4.78 is 28.4. The fourth-order valence-electron chi connectivity index (χ4n) is 1.81. The van der Waals surface area contributed by atoms with Crippen LogP contribution in [0.4, 0.5) is 14.5 Å². The van der Waals surface area contributed by atoms with E-state index in [0.717, 1.165) is 0 Å². The Kier molecular flexibility index (Phi) is 3.23. The Labute approximate surface area is 97.0 Å². The number of hydrogen-bond donors (Lipinski definition) is 1. The van der Waals surface area contributed by atoms with E-state index in [4.69, 9.17) is 5.73 Å². The average molecular weight is 242 g/mol. The zero-order chi connectivity index (χ0) is 12.4. The fourth-order valence-corrected chi connectivity index (χ4v) is 1.81. The van der Waals surface area contributed by atoms with E-state index in [-0.39, 0.29) is 24.1 Å². The Morgan fingerprint density at radius 1 is 1.47 bits per heavy atom. The molecule has 1 atom stereocenters. The molecule has 1 aromatic carbocycles. The first kappa shape index (κ1) is 11.8. The number of amides is 1. The first-order chi connectivity index (χ1) is 8.06. The van der Waals surface area contributed by atoms with Crippen LogP contribution in [0.3, 0.4) is 0 Å². The van der Waals surface area contributed by atoms with Crippen molar-refractivity contribution >= 4 is 11.6 Å². The molecular weight excluding hydrogens is 230 g/mol. The number of anilines is 1. The number of nitrogens with zero attached hydrogens (tertiary/aromatic N) is 1. The van der Waals surface area contributed by atoms with Gasteiger partial charge in [-0.2, -0.15) is 8.78 Å². The number of ether oxygens (including phenoxy) is 1. The number of halogens is 2. The summed E-state index contributed by atoms with van der Waals surface area (Å²) in [6.45, 7) is -2.47. The molecule has 2 N–H and O–H groups in total. The maximum absolute atomic E-state index is 12.0. The molecule has 0 saturated carbocycles. The lowest BCUT2D eigenvalue weighted by Crippen LogP contribution is -2.27. The van der Waals surface area contributed by atoms with Crippen molar-refractivity contribution in [2.45, 2.75) is 19.1 Å². The zero-order valence-electron chi connectivity index (χ0n) is 8.98. The molecule has 2 rings (SSSR count). The highest BCUT2D eigenvalue weighted by molar-refractivity contribution is 5.96. The lowest BCUT2D eigenvalue weighted by molar-refractivity contribution is -0.117. The number of rotatable bonds is 3. The second-order valence-corrected chi connectivity index (χ2v) is 3.84. The monoisotopic (exact) mass is 242 g/mol. The number of benzene rings is 1. The van der Waals surface area contributed by atoms with E-state index >= 15 is 0 Å². The highest BCUT2D eigenvalue weighted by Gasteiger charge is 2.28. The quantitative estimate of drug-likeness (QED) is 0.870. The predicted molar refractivity (Wildman–Crippen MR) is 58.0 cm³/mol. The van der Waals surface area contributed by atoms with Gasteiger partial charge >= 0.3 is 6.61 Å². The molecule has 1 unspecified atom stereocenters. The van der Waals surface area contributed by atoms with Crippen molar-refractivity contribution in [3.8, 4) is 5.75 Å². The summed E-state index contributed by atoms with van der Waals surface area (Å²) in [6.07, 6.45) is 0.278. The summed E-state index contributed by atoms with van der Waals surface area (Å²) >= 11 is 0. The van der Waals surface area contributed by atoms with Crippen LogP contribution in [0.2, 0.25) is 0 Å². The normalized spacial score (nSPS) is 20.1. The van der Waals surface area contributed by atoms with E-state index in [9.17, 15) is 13.6 Å². The lowest BCUT2D eigenvalue weighted by atomic mass is 10.3. The minimum atomic E-state index is -2.87. The van der Waals surface area contributed by atoms with Crippen molar-refractivity contribution in [2.75, 3.05) is 11.4 Å². The molecular formula is C11H12F2N2O2. The summed E-state index contributed by atoms with van der Waals surface area (Å²) in [7, 11) is 0. The number of carbonyl (C=O) groups is 1. The summed E-state index contributed by atoms with van der Waals surface area (Å²) in [4.78, 5) is 13.1. The molecule has 17 heavy (non-hydrogen) atoms. The molecule has 1 saturated heterocycles. The van der Waals surface area contributed by atoms with Crippen LogP contribution in [0.5, 0.6) is 5.75 Å². The van der Waals surface area contributed by atoms with Gasteiger partial charge < -0.3 is 15.4 Å². The molecule has 1 heterocycles. The second-order valence-electron chi connectivity index (χ2n) is 3.84. The van der Waals surface area contributed by atoms with Crippen LogP contribution in [-0.4, -0.2) is 25.1 Å². The average Bonchev–Trinajstić information content (AvgIpc) is 2.57. The van der Waals surface area contributed by atoms with Crippen molar-refractivity contribution < 1.29 is 18.3 Å². The van der Waals surface area contributed by atoms with Crippen LogP contribution >= 0.6 is 0 Å². The summed E-state index contributed by atoms with van der Waals surface area (Å²) in [5, 5.41) is 0. The predicted octanol–water partition coefficient (Wildman–Crippen LogP) is 1.35. The number of nitrogens with two attached hydrogens (primary N) is 1. The molecule has 0 spiro atoms. The minimum absolute atomic E-state index is 0.0331. The van der Waals surface area contributed by atoms with E-state index in [1.165, 1.54) is 17.0 Å². The van der Waals surface area contributed by atoms with E-state index in [1.807, 2.05) is 0 Å². The maximum atomic E-state index is 12.0. The van der Waals surface area contributed by atoms with E-state index in [0.29, 0.717) is 12.2 Å². The Morgan fingerprint density at radius 3 is 2.82 bits per heavy atom. The molecule has 1 fully saturated rings. The van der Waals surface area contributed by atoms with Gasteiger partial charge in [-0.05, 0) is 12.1 Å². The Morgan fingerprint density at radius 2 is 2.24 bits per heavy atom. The van der Waals surface area contributed by atoms with E-state index in [1.54, 1.807) is 12.1 Å². The van der Waals surface area contributed by atoms with Crippen molar-refractivity contribution in [1.29, 1.82) is 0 Å². The van der Waals surface area contributed by atoms with Gasteiger partial charge in [-0.15, -0.1) is 0 Å². The van der Waals surface area contributed by atoms with Gasteiger partial charge in [-0.3, -0.25) is 4.79 Å². The van der Waals surface area contributed by atoms with Crippen molar-refractivity contribution in [1.82, 2.24) is 0 Å². The van der Waals surface area contributed by atoms with Gasteiger partial charge in [-0.1, -0.05) is 6.07 Å². The Bertz CT molecular complexity index is 426. The Balaban J connectivity index is 2.18. The topological polar surface area (TPSA) is 55.6 Å². The molecule has 6 heteroatoms. The van der Waals surface area contributed by atoms with Gasteiger partial charge in [-0.25, -0.2) is 0 Å². The number of hydrogen-bond acceptors (Lipinski definition) is 3. The van der Waals surface area contributed by atoms with Crippen molar-refractivity contribution in [2.24, 2.45) is 5.73 Å². The van der Waals surface area contributed by atoms with Gasteiger partial charge in [0.25, 0.3) is 0 Å². The van der Waals surface area contributed by atoms with Crippen LogP contribution in [0, 0.1) is 0 Å². The number of alkyl halides is 2.